The Morgan fingerprint density at radius 3 is 2.74 bits per heavy atom. The van der Waals surface area contributed by atoms with Gasteiger partial charge >= 0.3 is 5.97 Å². The van der Waals surface area contributed by atoms with E-state index in [9.17, 15) is 9.59 Å². The molecular weight excluding hydrogens is 312 g/mol. The second-order valence-electron chi connectivity index (χ2n) is 4.39. The van der Waals surface area contributed by atoms with Crippen LogP contribution >= 0.6 is 15.9 Å². The quantitative estimate of drug-likeness (QED) is 0.796. The van der Waals surface area contributed by atoms with Crippen molar-refractivity contribution in [3.63, 3.8) is 0 Å². The Morgan fingerprint density at radius 1 is 1.47 bits per heavy atom. The van der Waals surface area contributed by atoms with E-state index >= 15 is 0 Å². The van der Waals surface area contributed by atoms with E-state index in [0.29, 0.717) is 10.5 Å². The van der Waals surface area contributed by atoms with E-state index in [4.69, 9.17) is 4.74 Å². The lowest BCUT2D eigenvalue weighted by Gasteiger charge is -2.16. The minimum Gasteiger partial charge on any atom is -0.461 e. The lowest BCUT2D eigenvalue weighted by Crippen LogP contribution is -2.30. The highest BCUT2D eigenvalue weighted by Crippen LogP contribution is 2.27. The molecule has 2 rings (SSSR count). The Hall–Kier alpha value is -1.43. The summed E-state index contributed by atoms with van der Waals surface area (Å²) >= 11 is 3.24. The number of halogens is 1. The second kappa shape index (κ2) is 5.69. The average Bonchev–Trinajstić information content (AvgIpc) is 3.22. The Bertz CT molecular complexity index is 515. The van der Waals surface area contributed by atoms with Gasteiger partial charge in [-0.1, -0.05) is 0 Å². The normalized spacial score (nSPS) is 14.1. The molecule has 1 aromatic heterocycles. The summed E-state index contributed by atoms with van der Waals surface area (Å²) in [4.78, 5) is 29.7. The van der Waals surface area contributed by atoms with Crippen molar-refractivity contribution in [3.05, 3.63) is 28.0 Å². The largest absolute Gasteiger partial charge is 0.461 e. The molecule has 0 aromatic carbocycles. The highest BCUT2D eigenvalue weighted by Gasteiger charge is 2.31. The molecule has 1 amide bonds. The molecule has 0 radical (unpaired) electrons. The monoisotopic (exact) mass is 326 g/mol. The molecule has 19 heavy (non-hydrogen) atoms. The van der Waals surface area contributed by atoms with E-state index in [-0.39, 0.29) is 23.9 Å². The van der Waals surface area contributed by atoms with Gasteiger partial charge in [-0.3, -0.25) is 4.79 Å². The Labute approximate surface area is 120 Å². The van der Waals surface area contributed by atoms with Gasteiger partial charge in [0.2, 0.25) is 0 Å². The van der Waals surface area contributed by atoms with Crippen LogP contribution in [0.4, 0.5) is 0 Å². The number of amides is 1. The number of esters is 1. The van der Waals surface area contributed by atoms with Crippen molar-refractivity contribution in [2.24, 2.45) is 0 Å². The summed E-state index contributed by atoms with van der Waals surface area (Å²) < 4.78 is 5.43. The molecule has 0 N–H and O–H groups in total. The zero-order chi connectivity index (χ0) is 14.0. The van der Waals surface area contributed by atoms with Crippen molar-refractivity contribution in [3.8, 4) is 0 Å². The first kappa shape index (κ1) is 14.0. The minimum atomic E-state index is -0.530. The lowest BCUT2D eigenvalue weighted by molar-refractivity contribution is 0.0518. The van der Waals surface area contributed by atoms with E-state index in [2.05, 4.69) is 20.9 Å². The molecule has 1 aliphatic rings. The number of carbonyl (C=O) groups excluding carboxylic acids is 2. The van der Waals surface area contributed by atoms with Gasteiger partial charge in [0.05, 0.1) is 11.1 Å². The van der Waals surface area contributed by atoms with Crippen molar-refractivity contribution in [1.82, 2.24) is 9.88 Å². The summed E-state index contributed by atoms with van der Waals surface area (Å²) in [6.07, 6.45) is 2.06. The van der Waals surface area contributed by atoms with Gasteiger partial charge in [0, 0.05) is 13.1 Å². The molecular formula is C13H15BrN2O3. The third-order valence-electron chi connectivity index (χ3n) is 2.95. The predicted octanol–water partition coefficient (Wildman–Crippen LogP) is 2.26. The van der Waals surface area contributed by atoms with Gasteiger partial charge in [-0.05, 0) is 47.8 Å². The summed E-state index contributed by atoms with van der Waals surface area (Å²) in [7, 11) is 1.76. The van der Waals surface area contributed by atoms with Gasteiger partial charge in [-0.2, -0.15) is 0 Å². The zero-order valence-corrected chi connectivity index (χ0v) is 12.4. The van der Waals surface area contributed by atoms with Crippen molar-refractivity contribution < 1.29 is 14.3 Å². The van der Waals surface area contributed by atoms with Crippen LogP contribution in [-0.2, 0) is 4.74 Å². The first-order valence-corrected chi connectivity index (χ1v) is 6.94. The third-order valence-corrected chi connectivity index (χ3v) is 3.59. The van der Waals surface area contributed by atoms with Gasteiger partial charge < -0.3 is 9.64 Å². The molecule has 102 valence electrons. The molecule has 5 nitrogen and oxygen atoms in total. The predicted molar refractivity (Wildman–Crippen MR) is 73.0 cm³/mol. The number of rotatable bonds is 4. The topological polar surface area (TPSA) is 59.5 Å². The first-order chi connectivity index (χ1) is 9.04. The van der Waals surface area contributed by atoms with Crippen LogP contribution in [-0.4, -0.2) is 41.5 Å². The van der Waals surface area contributed by atoms with E-state index in [0.717, 1.165) is 12.8 Å². The minimum absolute atomic E-state index is 0.136. The summed E-state index contributed by atoms with van der Waals surface area (Å²) in [5, 5.41) is 0. The number of aromatic nitrogens is 1. The first-order valence-electron chi connectivity index (χ1n) is 6.15. The molecule has 0 saturated heterocycles. The van der Waals surface area contributed by atoms with E-state index in [1.54, 1.807) is 31.0 Å². The third kappa shape index (κ3) is 3.12. The fourth-order valence-corrected chi connectivity index (χ4v) is 2.09. The van der Waals surface area contributed by atoms with Crippen LogP contribution in [0.25, 0.3) is 0 Å². The standard InChI is InChI=1S/C13H15BrN2O3/c1-3-19-13(18)11-9(14)6-7-10(15-11)12(17)16(2)8-4-5-8/h6-8H,3-5H2,1-2H3. The SMILES string of the molecule is CCOC(=O)c1nc(C(=O)N(C)C2CC2)ccc1Br. The summed E-state index contributed by atoms with van der Waals surface area (Å²) in [6.45, 7) is 1.99. The summed E-state index contributed by atoms with van der Waals surface area (Å²) in [6, 6.07) is 3.56. The number of pyridine rings is 1. The zero-order valence-electron chi connectivity index (χ0n) is 10.9. The summed E-state index contributed by atoms with van der Waals surface area (Å²) in [5.41, 5.74) is 0.401. The van der Waals surface area contributed by atoms with Crippen molar-refractivity contribution in [2.75, 3.05) is 13.7 Å². The van der Waals surface area contributed by atoms with Crippen LogP contribution < -0.4 is 0 Å². The molecule has 1 fully saturated rings. The van der Waals surface area contributed by atoms with Crippen molar-refractivity contribution in [1.29, 1.82) is 0 Å². The van der Waals surface area contributed by atoms with Gasteiger partial charge in [0.25, 0.3) is 5.91 Å². The van der Waals surface area contributed by atoms with Gasteiger partial charge in [-0.15, -0.1) is 0 Å². The molecule has 1 saturated carbocycles. The van der Waals surface area contributed by atoms with E-state index < -0.39 is 5.97 Å². The Kier molecular flexibility index (Phi) is 4.19. The van der Waals surface area contributed by atoms with Gasteiger partial charge in [-0.25, -0.2) is 9.78 Å². The van der Waals surface area contributed by atoms with Gasteiger partial charge in [0.15, 0.2) is 5.69 Å². The van der Waals surface area contributed by atoms with Crippen LogP contribution in [0.15, 0.2) is 16.6 Å². The van der Waals surface area contributed by atoms with Crippen LogP contribution in [0, 0.1) is 0 Å². The molecule has 6 heteroatoms. The smallest absolute Gasteiger partial charge is 0.358 e. The molecule has 0 aliphatic heterocycles. The molecule has 0 atom stereocenters. The second-order valence-corrected chi connectivity index (χ2v) is 5.25. The molecule has 0 spiro atoms. The Morgan fingerprint density at radius 2 is 2.16 bits per heavy atom. The summed E-state index contributed by atoms with van der Waals surface area (Å²) in [5.74, 6) is -0.696. The maximum absolute atomic E-state index is 12.2. The molecule has 0 bridgehead atoms. The maximum Gasteiger partial charge on any atom is 0.358 e. The highest BCUT2D eigenvalue weighted by atomic mass is 79.9. The average molecular weight is 327 g/mol. The molecule has 1 aliphatic carbocycles. The fourth-order valence-electron chi connectivity index (χ4n) is 1.71. The lowest BCUT2D eigenvalue weighted by atomic mass is 10.2. The molecule has 0 unspecified atom stereocenters. The van der Waals surface area contributed by atoms with Crippen LogP contribution in [0.2, 0.25) is 0 Å². The highest BCUT2D eigenvalue weighted by molar-refractivity contribution is 9.10. The van der Waals surface area contributed by atoms with Crippen molar-refractivity contribution in [2.45, 2.75) is 25.8 Å². The molecule has 1 aromatic rings. The molecule has 1 heterocycles. The van der Waals surface area contributed by atoms with Gasteiger partial charge in [0.1, 0.15) is 5.69 Å². The van der Waals surface area contributed by atoms with Crippen LogP contribution in [0.1, 0.15) is 40.7 Å². The number of hydrogen-bond acceptors (Lipinski definition) is 4. The van der Waals surface area contributed by atoms with Crippen LogP contribution in [0.3, 0.4) is 0 Å². The number of hydrogen-bond donors (Lipinski definition) is 0. The Balaban J connectivity index is 2.24. The van der Waals surface area contributed by atoms with Crippen molar-refractivity contribution >= 4 is 27.8 Å². The van der Waals surface area contributed by atoms with Crippen LogP contribution in [0.5, 0.6) is 0 Å². The maximum atomic E-state index is 12.2. The van der Waals surface area contributed by atoms with E-state index in [1.165, 1.54) is 0 Å². The van der Waals surface area contributed by atoms with E-state index in [1.807, 2.05) is 0 Å². The number of carbonyl (C=O) groups is 2. The number of nitrogens with zero attached hydrogens (tertiary/aromatic N) is 2. The fraction of sp³-hybridized carbons (Fsp3) is 0.462. The number of ether oxygens (including phenoxy) is 1.